The fourth-order valence-electron chi connectivity index (χ4n) is 0.258. The molecule has 46 valence electrons. The Morgan fingerprint density at radius 1 is 1.43 bits per heavy atom. The molecule has 0 unspecified atom stereocenters. The lowest BCUT2D eigenvalue weighted by Crippen LogP contribution is -1.89. The van der Waals surface area contributed by atoms with Gasteiger partial charge in [0, 0.05) is 6.61 Å². The first-order chi connectivity index (χ1) is 2.77. The van der Waals surface area contributed by atoms with E-state index in [0.717, 1.165) is 6.42 Å². The molecule has 2 heteroatoms. The Labute approximate surface area is 45.1 Å². The van der Waals surface area contributed by atoms with Crippen LogP contribution in [0.1, 0.15) is 20.3 Å². The molecule has 0 aromatic rings. The molecule has 7 heavy (non-hydrogen) atoms. The van der Waals surface area contributed by atoms with E-state index in [9.17, 15) is 0 Å². The summed E-state index contributed by atoms with van der Waals surface area (Å²) in [5.74, 6) is 0.648. The molecule has 0 aromatic carbocycles. The predicted molar refractivity (Wildman–Crippen MR) is 31.6 cm³/mol. The highest BCUT2D eigenvalue weighted by molar-refractivity contribution is 4.38. The van der Waals surface area contributed by atoms with Crippen LogP contribution in [0.2, 0.25) is 0 Å². The van der Waals surface area contributed by atoms with Gasteiger partial charge < -0.3 is 11.3 Å². The maximum absolute atomic E-state index is 8.24. The number of hydrogen-bond acceptors (Lipinski definition) is 2. The van der Waals surface area contributed by atoms with Crippen LogP contribution in [0.5, 0.6) is 0 Å². The molecule has 0 amide bonds. The smallest absolute Gasteiger partial charge is 0.0433 e. The first-order valence-corrected chi connectivity index (χ1v) is 2.38. The lowest BCUT2D eigenvalue weighted by molar-refractivity contribution is 0.268. The molecule has 0 spiro atoms. The Balaban J connectivity index is 0. The van der Waals surface area contributed by atoms with Gasteiger partial charge in [-0.25, -0.2) is 0 Å². The number of aliphatic hydroxyl groups excluding tert-OH is 1. The average molecular weight is 105 g/mol. The molecule has 2 nitrogen and oxygen atoms in total. The molecule has 0 aliphatic rings. The van der Waals surface area contributed by atoms with Gasteiger partial charge in [-0.1, -0.05) is 13.8 Å². The van der Waals surface area contributed by atoms with E-state index < -0.39 is 0 Å². The van der Waals surface area contributed by atoms with Crippen molar-refractivity contribution in [3.8, 4) is 0 Å². The summed E-state index contributed by atoms with van der Waals surface area (Å²) in [6.07, 6.45) is 0.931. The highest BCUT2D eigenvalue weighted by Crippen LogP contribution is 1.94. The Morgan fingerprint density at radius 3 is 1.86 bits per heavy atom. The van der Waals surface area contributed by atoms with Crippen molar-refractivity contribution in [1.29, 1.82) is 0 Å². The van der Waals surface area contributed by atoms with Crippen molar-refractivity contribution in [2.75, 3.05) is 6.61 Å². The van der Waals surface area contributed by atoms with Gasteiger partial charge in [0.1, 0.15) is 0 Å². The molecule has 0 bridgehead atoms. The van der Waals surface area contributed by atoms with E-state index in [1.807, 2.05) is 0 Å². The molecule has 0 fully saturated rings. The van der Waals surface area contributed by atoms with Gasteiger partial charge in [-0.2, -0.15) is 0 Å². The van der Waals surface area contributed by atoms with Gasteiger partial charge in [-0.05, 0) is 12.3 Å². The van der Waals surface area contributed by atoms with Crippen molar-refractivity contribution >= 4 is 0 Å². The number of rotatable bonds is 2. The van der Waals surface area contributed by atoms with Gasteiger partial charge in [-0.3, -0.25) is 0 Å². The monoisotopic (exact) mass is 105 g/mol. The van der Waals surface area contributed by atoms with E-state index in [2.05, 4.69) is 13.8 Å². The highest BCUT2D eigenvalue weighted by Gasteiger charge is 1.86. The lowest BCUT2D eigenvalue weighted by atomic mass is 10.2. The molecule has 4 N–H and O–H groups in total. The van der Waals surface area contributed by atoms with Crippen LogP contribution in [0.25, 0.3) is 0 Å². The summed E-state index contributed by atoms with van der Waals surface area (Å²) >= 11 is 0. The Morgan fingerprint density at radius 2 is 1.86 bits per heavy atom. The van der Waals surface area contributed by atoms with Crippen LogP contribution in [0.15, 0.2) is 0 Å². The number of hydrogen-bond donors (Lipinski definition) is 2. The summed E-state index contributed by atoms with van der Waals surface area (Å²) in [5.41, 5.74) is 0. The largest absolute Gasteiger partial charge is 0.396 e. The fraction of sp³-hybridized carbons (Fsp3) is 1.00. The summed E-state index contributed by atoms with van der Waals surface area (Å²) < 4.78 is 0. The topological polar surface area (TPSA) is 55.2 Å². The second-order valence-corrected chi connectivity index (χ2v) is 1.91. The van der Waals surface area contributed by atoms with Crippen molar-refractivity contribution in [1.82, 2.24) is 6.15 Å². The molecule has 0 aliphatic carbocycles. The third kappa shape index (κ3) is 10.7. The van der Waals surface area contributed by atoms with Crippen molar-refractivity contribution in [3.05, 3.63) is 0 Å². The summed E-state index contributed by atoms with van der Waals surface area (Å²) in [6, 6.07) is 0. The molecule has 0 saturated carbocycles. The molecule has 0 heterocycles. The zero-order valence-corrected chi connectivity index (χ0v) is 5.15. The van der Waals surface area contributed by atoms with Gasteiger partial charge in [0.25, 0.3) is 0 Å². The minimum absolute atomic E-state index is 0. The van der Waals surface area contributed by atoms with E-state index in [1.54, 1.807) is 0 Å². The first-order valence-electron chi connectivity index (χ1n) is 2.38. The Hall–Kier alpha value is -0.0800. The van der Waals surface area contributed by atoms with Crippen LogP contribution in [0.3, 0.4) is 0 Å². The van der Waals surface area contributed by atoms with E-state index >= 15 is 0 Å². The zero-order valence-electron chi connectivity index (χ0n) is 5.15. The summed E-state index contributed by atoms with van der Waals surface area (Å²) in [7, 11) is 0. The summed E-state index contributed by atoms with van der Waals surface area (Å²) in [5, 5.41) is 8.24. The molecule has 0 aliphatic heterocycles. The normalized spacial score (nSPS) is 8.57. The molecule has 0 rings (SSSR count). The molecular formula is C5H15NO. The standard InChI is InChI=1S/C5H12O.H3N/c1-5(2)3-4-6;/h5-6H,3-4H2,1-2H3;1H3. The molecular weight excluding hydrogens is 90.1 g/mol. The fourth-order valence-corrected chi connectivity index (χ4v) is 0.258. The van der Waals surface area contributed by atoms with Gasteiger partial charge >= 0.3 is 0 Å². The van der Waals surface area contributed by atoms with Gasteiger partial charge in [0.15, 0.2) is 0 Å². The predicted octanol–water partition coefficient (Wildman–Crippen LogP) is 1.19. The van der Waals surface area contributed by atoms with Crippen LogP contribution >= 0.6 is 0 Å². The van der Waals surface area contributed by atoms with Crippen LogP contribution in [0, 0.1) is 5.92 Å². The second-order valence-electron chi connectivity index (χ2n) is 1.91. The van der Waals surface area contributed by atoms with Gasteiger partial charge in [0.2, 0.25) is 0 Å². The van der Waals surface area contributed by atoms with Gasteiger partial charge in [0.05, 0.1) is 0 Å². The zero-order chi connectivity index (χ0) is 4.99. The molecule has 0 radical (unpaired) electrons. The maximum Gasteiger partial charge on any atom is 0.0433 e. The highest BCUT2D eigenvalue weighted by atomic mass is 16.2. The van der Waals surface area contributed by atoms with Crippen LogP contribution in [0.4, 0.5) is 0 Å². The molecule has 0 aromatic heterocycles. The number of aliphatic hydroxyl groups is 1. The molecule has 0 saturated heterocycles. The van der Waals surface area contributed by atoms with E-state index in [-0.39, 0.29) is 6.15 Å². The van der Waals surface area contributed by atoms with Crippen molar-refractivity contribution < 1.29 is 5.11 Å². The van der Waals surface area contributed by atoms with Crippen LogP contribution < -0.4 is 6.15 Å². The third-order valence-electron chi connectivity index (χ3n) is 0.706. The second kappa shape index (κ2) is 5.92. The van der Waals surface area contributed by atoms with Crippen molar-refractivity contribution in [3.63, 3.8) is 0 Å². The first kappa shape index (κ1) is 10.0. The average Bonchev–Trinajstić information content (AvgIpc) is 1.35. The van der Waals surface area contributed by atoms with E-state index in [0.29, 0.717) is 12.5 Å². The lowest BCUT2D eigenvalue weighted by Gasteiger charge is -1.95. The Kier molecular flexibility index (Phi) is 8.47. The quantitative estimate of drug-likeness (QED) is 0.554. The van der Waals surface area contributed by atoms with Crippen molar-refractivity contribution in [2.45, 2.75) is 20.3 Å². The molecule has 0 atom stereocenters. The van der Waals surface area contributed by atoms with E-state index in [1.165, 1.54) is 0 Å². The van der Waals surface area contributed by atoms with E-state index in [4.69, 9.17) is 5.11 Å². The maximum atomic E-state index is 8.24. The summed E-state index contributed by atoms with van der Waals surface area (Å²) in [6.45, 7) is 4.52. The minimum atomic E-state index is 0. The minimum Gasteiger partial charge on any atom is -0.396 e. The Bertz CT molecular complexity index is 29.3. The van der Waals surface area contributed by atoms with Crippen LogP contribution in [-0.4, -0.2) is 11.7 Å². The van der Waals surface area contributed by atoms with Gasteiger partial charge in [-0.15, -0.1) is 0 Å². The third-order valence-corrected chi connectivity index (χ3v) is 0.706. The SMILES string of the molecule is CC(C)CCO.N. The van der Waals surface area contributed by atoms with Crippen molar-refractivity contribution in [2.24, 2.45) is 5.92 Å². The summed E-state index contributed by atoms with van der Waals surface area (Å²) in [4.78, 5) is 0. The van der Waals surface area contributed by atoms with Crippen LogP contribution in [-0.2, 0) is 0 Å².